The summed E-state index contributed by atoms with van der Waals surface area (Å²) in [5, 5.41) is 273. The molecule has 10 unspecified atom stereocenters. The van der Waals surface area contributed by atoms with Gasteiger partial charge in [-0.05, 0) is 48.5 Å². The highest BCUT2D eigenvalue weighted by molar-refractivity contribution is 6.12. The van der Waals surface area contributed by atoms with E-state index in [9.17, 15) is 166 Å². The van der Waals surface area contributed by atoms with Crippen molar-refractivity contribution in [3.63, 3.8) is 0 Å². The molecule has 112 heavy (non-hydrogen) atoms. The summed E-state index contributed by atoms with van der Waals surface area (Å²) in [6, 6.07) is 3.05. The summed E-state index contributed by atoms with van der Waals surface area (Å²) in [6.07, 6.45) is -25.9. The highest BCUT2D eigenvalue weighted by Gasteiger charge is 2.57. The van der Waals surface area contributed by atoms with Crippen molar-refractivity contribution in [1.82, 2.24) is 0 Å². The summed E-state index contributed by atoms with van der Waals surface area (Å²) in [5.74, 6) is -51.5. The number of aliphatic hydroxyl groups excluding tert-OH is 2. The van der Waals surface area contributed by atoms with Gasteiger partial charge in [-0.25, -0.2) is 38.4 Å². The van der Waals surface area contributed by atoms with Crippen LogP contribution >= 0.6 is 0 Å². The van der Waals surface area contributed by atoms with Gasteiger partial charge >= 0.3 is 47.8 Å². The molecule has 2 fully saturated rings. The van der Waals surface area contributed by atoms with Crippen LogP contribution in [0.2, 0.25) is 0 Å². The summed E-state index contributed by atoms with van der Waals surface area (Å²) < 4.78 is 61.4. The van der Waals surface area contributed by atoms with Crippen molar-refractivity contribution < 1.29 is 218 Å². The Morgan fingerprint density at radius 2 is 0.607 bits per heavy atom. The second-order valence-corrected chi connectivity index (χ2v) is 24.6. The van der Waals surface area contributed by atoms with Gasteiger partial charge in [-0.2, -0.15) is 0 Å². The van der Waals surface area contributed by atoms with Crippen LogP contribution in [0.3, 0.4) is 0 Å². The maximum absolute atomic E-state index is 14.9. The molecule has 0 aliphatic carbocycles. The first-order chi connectivity index (χ1) is 52.7. The number of aromatic hydroxyl groups is 23. The number of benzene rings is 8. The summed E-state index contributed by atoms with van der Waals surface area (Å²) in [7, 11) is 0. The quantitative estimate of drug-likeness (QED) is 0.0640. The van der Waals surface area contributed by atoms with Crippen LogP contribution in [0.25, 0.3) is 33.4 Å². The molecule has 44 heteroatoms. The third-order valence-corrected chi connectivity index (χ3v) is 17.9. The first-order valence-electron chi connectivity index (χ1n) is 31.2. The Morgan fingerprint density at radius 1 is 0.304 bits per heavy atom. The van der Waals surface area contributed by atoms with Crippen LogP contribution in [-0.2, 0) is 47.4 Å². The van der Waals surface area contributed by atoms with E-state index in [-0.39, 0.29) is 6.07 Å². The summed E-state index contributed by atoms with van der Waals surface area (Å²) >= 11 is 0. The number of cyclic esters (lactones) is 2. The molecule has 44 nitrogen and oxygen atoms in total. The Balaban J connectivity index is 0.863. The average Bonchev–Trinajstić information content (AvgIpc) is 1.04. The monoisotopic (exact) mass is 1570 g/mol. The van der Waals surface area contributed by atoms with E-state index in [4.69, 9.17) is 52.1 Å². The van der Waals surface area contributed by atoms with Gasteiger partial charge in [0, 0.05) is 39.4 Å². The summed E-state index contributed by atoms with van der Waals surface area (Å²) in [5.41, 5.74) is -16.4. The van der Waals surface area contributed by atoms with E-state index in [1.807, 2.05) is 0 Å². The molecular weight excluding hydrogens is 1520 g/mol. The molecule has 10 atom stereocenters. The molecule has 0 radical (unpaired) electrons. The first kappa shape index (κ1) is 74.8. The van der Waals surface area contributed by atoms with Crippen LogP contribution in [0, 0.1) is 0 Å². The van der Waals surface area contributed by atoms with Crippen LogP contribution in [0.1, 0.15) is 82.9 Å². The molecule has 13 rings (SSSR count). The second-order valence-electron chi connectivity index (χ2n) is 24.6. The predicted molar refractivity (Wildman–Crippen MR) is 344 cm³/mol. The minimum atomic E-state index is -2.88. The van der Waals surface area contributed by atoms with Gasteiger partial charge in [0.05, 0.1) is 38.9 Å². The van der Waals surface area contributed by atoms with Crippen LogP contribution in [0.5, 0.6) is 144 Å². The Bertz CT molecular complexity index is 5510. The molecule has 8 aromatic rings. The van der Waals surface area contributed by atoms with Crippen LogP contribution in [-0.4, -0.2) is 250 Å². The van der Waals surface area contributed by atoms with E-state index >= 15 is 0 Å². The molecule has 5 aliphatic rings. The number of aliphatic hydroxyl groups is 2. The zero-order valence-corrected chi connectivity index (χ0v) is 54.8. The molecule has 5 heterocycles. The summed E-state index contributed by atoms with van der Waals surface area (Å²) in [6.45, 7) is -2.74. The lowest BCUT2D eigenvalue weighted by molar-refractivity contribution is -0.284. The van der Waals surface area contributed by atoms with Gasteiger partial charge in [0.15, 0.2) is 110 Å². The van der Waals surface area contributed by atoms with Crippen LogP contribution in [0.15, 0.2) is 54.6 Å². The average molecular weight is 1570 g/mol. The highest BCUT2D eigenvalue weighted by atomic mass is 16.8. The number of esters is 8. The van der Waals surface area contributed by atoms with E-state index in [0.29, 0.717) is 48.5 Å². The predicted octanol–water partition coefficient (Wildman–Crippen LogP) is 1.75. The van der Waals surface area contributed by atoms with Crippen molar-refractivity contribution in [2.24, 2.45) is 0 Å². The third-order valence-electron chi connectivity index (χ3n) is 17.9. The minimum Gasteiger partial charge on any atom is -0.504 e. The molecule has 8 aromatic carbocycles. The van der Waals surface area contributed by atoms with Crippen molar-refractivity contribution in [3.05, 3.63) is 99.1 Å². The normalized spacial score (nSPS) is 21.3. The second kappa shape index (κ2) is 27.1. The number of phenolic OH excluding ortho intramolecular Hbond substituents is 23. The van der Waals surface area contributed by atoms with E-state index in [0.717, 1.165) is 0 Å². The third kappa shape index (κ3) is 12.0. The van der Waals surface area contributed by atoms with E-state index in [1.54, 1.807) is 0 Å². The number of carbonyl (C=O) groups is 8. The molecule has 5 aliphatic heterocycles. The largest absolute Gasteiger partial charge is 0.504 e. The summed E-state index contributed by atoms with van der Waals surface area (Å²) in [4.78, 5) is 116. The van der Waals surface area contributed by atoms with Crippen molar-refractivity contribution in [3.8, 4) is 177 Å². The lowest BCUT2D eigenvalue weighted by atomic mass is 9.91. The van der Waals surface area contributed by atoms with Crippen molar-refractivity contribution in [1.29, 1.82) is 0 Å². The van der Waals surface area contributed by atoms with E-state index in [1.165, 1.54) is 0 Å². The number of fused-ring (bicyclic) bond motifs is 13. The highest BCUT2D eigenvalue weighted by Crippen LogP contribution is 2.58. The molecule has 0 aromatic heterocycles. The van der Waals surface area contributed by atoms with Gasteiger partial charge in [0.2, 0.25) is 70.4 Å². The van der Waals surface area contributed by atoms with Crippen molar-refractivity contribution in [2.45, 2.75) is 61.4 Å². The molecule has 2 saturated heterocycles. The Labute approximate surface area is 614 Å². The van der Waals surface area contributed by atoms with Gasteiger partial charge in [-0.3, -0.25) is 0 Å². The number of ether oxygens (including phenoxy) is 11. The number of hydrogen-bond donors (Lipinski definition) is 25. The Hall–Kier alpha value is -15.4. The maximum Gasteiger partial charge on any atom is 0.344 e. The molecule has 0 amide bonds. The first-order valence-corrected chi connectivity index (χ1v) is 31.2. The van der Waals surface area contributed by atoms with Crippen molar-refractivity contribution >= 4 is 47.8 Å². The van der Waals surface area contributed by atoms with Gasteiger partial charge in [-0.1, -0.05) is 0 Å². The van der Waals surface area contributed by atoms with Gasteiger partial charge < -0.3 is 180 Å². The fourth-order valence-corrected chi connectivity index (χ4v) is 12.5. The minimum absolute atomic E-state index is 0.242. The van der Waals surface area contributed by atoms with Gasteiger partial charge in [0.1, 0.15) is 43.2 Å². The number of phenols is 23. The number of hydrogen-bond acceptors (Lipinski definition) is 44. The molecule has 0 spiro atoms. The zero-order chi connectivity index (χ0) is 81.5. The molecule has 0 saturated carbocycles. The van der Waals surface area contributed by atoms with Crippen molar-refractivity contribution in [2.75, 3.05) is 13.2 Å². The van der Waals surface area contributed by atoms with Crippen LogP contribution < -0.4 is 4.74 Å². The fourth-order valence-electron chi connectivity index (χ4n) is 12.5. The SMILES string of the molecule is O=C(OC1OC2COC(=O)c3cc(O)c(O)c(O)c3-c3c(cc(O)c(O)c3O)C(=O)OC2C2OC(=O)c3cc(O)c(O)c(O)c3-c3c(cc(O)c(O)c3O)C(=O)OC12)c1cc(O)c(O)c(Oc2c(C(=O)OC3OC4COC(=O)c5cc(O)c(O)c(O)c5-c5c(cc(O)c(O)c5O)C(=O)OC4C(O)C3O)cc(O)c(O)c2O)c1. The van der Waals surface area contributed by atoms with Gasteiger partial charge in [-0.15, -0.1) is 0 Å². The number of carbonyl (C=O) groups excluding carboxylic acids is 8. The molecular formula is C68H48O44. The lowest BCUT2D eigenvalue weighted by Crippen LogP contribution is -2.63. The Kier molecular flexibility index (Phi) is 18.1. The van der Waals surface area contributed by atoms with Gasteiger partial charge in [0.25, 0.3) is 0 Å². The zero-order valence-electron chi connectivity index (χ0n) is 54.8. The molecule has 0 bridgehead atoms. The fraction of sp³-hybridized carbons (Fsp3) is 0.176. The standard InChI is InChI=1S/C68H48O44/c69-20-1-12(2-28(37(20)77)104-54-19(9-27(76)44(84)51(54)91)66(101)112-67-53(93)52(92)55-29(105-67)10-102-60(95)13-3-21(70)38(78)45(85)31(13)33-15(62(97)107-55)5-23(72)40(80)47(33)87)59(94)111-68-58-57(109-64(99)17-7-25(74)42(82)49(89)35(17)36-18(65(100)110-58)8-26(75)43(83)50(36)90)56-30(106-68)11-103-61(96)14-4-22(71)39(79)46(86)32(14)34-16(63(98)108-56)6-24(73)41(81)48(34)88/h1-9,29-30,52-53,55-58,67-93H,10-11H2. The van der Waals surface area contributed by atoms with E-state index in [2.05, 4.69) is 0 Å². The Morgan fingerprint density at radius 3 is 1.00 bits per heavy atom. The maximum atomic E-state index is 14.9. The topological polar surface area (TPSA) is 744 Å². The van der Waals surface area contributed by atoms with Crippen LogP contribution in [0.4, 0.5) is 0 Å². The lowest BCUT2D eigenvalue weighted by Gasteiger charge is -2.44. The molecule has 25 N–H and O–H groups in total. The van der Waals surface area contributed by atoms with E-state index < -0.39 is 344 Å². The smallest absolute Gasteiger partial charge is 0.344 e. The number of rotatable bonds is 6. The molecule has 584 valence electrons.